The summed E-state index contributed by atoms with van der Waals surface area (Å²) in [4.78, 5) is 8.48. The zero-order valence-corrected chi connectivity index (χ0v) is 8.85. The molecule has 0 N–H and O–H groups in total. The number of hydrogen-bond donors (Lipinski definition) is 0. The van der Waals surface area contributed by atoms with Gasteiger partial charge in [-0.15, -0.1) is 0 Å². The van der Waals surface area contributed by atoms with Crippen LogP contribution in [0.3, 0.4) is 0 Å². The Hall–Kier alpha value is -1.70. The fourth-order valence-electron chi connectivity index (χ4n) is 1.60. The van der Waals surface area contributed by atoms with Crippen LogP contribution in [-0.2, 0) is 6.42 Å². The number of benzene rings is 1. The van der Waals surface area contributed by atoms with Crippen LogP contribution in [0.2, 0.25) is 0 Å². The van der Waals surface area contributed by atoms with Gasteiger partial charge >= 0.3 is 0 Å². The maximum absolute atomic E-state index is 4.24. The Morgan fingerprint density at radius 2 is 1.87 bits per heavy atom. The predicted molar refractivity (Wildman–Crippen MR) is 61.5 cm³/mol. The minimum absolute atomic E-state index is 0.801. The third-order valence-corrected chi connectivity index (χ3v) is 2.29. The van der Waals surface area contributed by atoms with Crippen LogP contribution in [0.4, 0.5) is 0 Å². The van der Waals surface area contributed by atoms with Gasteiger partial charge in [-0.3, -0.25) is 0 Å². The lowest BCUT2D eigenvalue weighted by Crippen LogP contribution is -1.89. The van der Waals surface area contributed by atoms with Crippen molar-refractivity contribution in [1.29, 1.82) is 0 Å². The molecule has 1 heterocycles. The highest BCUT2D eigenvalue weighted by atomic mass is 14.8. The Bertz CT molecular complexity index is 424. The molecule has 0 aliphatic heterocycles. The molecule has 0 fully saturated rings. The highest BCUT2D eigenvalue weighted by Crippen LogP contribution is 2.16. The summed E-state index contributed by atoms with van der Waals surface area (Å²) >= 11 is 0. The van der Waals surface area contributed by atoms with Crippen LogP contribution in [0.25, 0.3) is 11.4 Å². The summed E-state index contributed by atoms with van der Waals surface area (Å²) in [6, 6.07) is 10.3. The van der Waals surface area contributed by atoms with Gasteiger partial charge in [0.25, 0.3) is 0 Å². The Morgan fingerprint density at radius 3 is 2.60 bits per heavy atom. The van der Waals surface area contributed by atoms with E-state index < -0.39 is 0 Å². The second-order valence-corrected chi connectivity index (χ2v) is 3.52. The lowest BCUT2D eigenvalue weighted by molar-refractivity contribution is 0.922. The Morgan fingerprint density at radius 1 is 1.07 bits per heavy atom. The predicted octanol–water partition coefficient (Wildman–Crippen LogP) is 3.10. The first kappa shape index (κ1) is 9.84. The molecule has 0 saturated heterocycles. The van der Waals surface area contributed by atoms with Crippen molar-refractivity contribution >= 4 is 0 Å². The minimum atomic E-state index is 0.801. The van der Waals surface area contributed by atoms with Crippen molar-refractivity contribution in [2.45, 2.75) is 19.8 Å². The Balaban J connectivity index is 2.33. The molecule has 0 aliphatic carbocycles. The molecule has 0 aliphatic rings. The topological polar surface area (TPSA) is 25.8 Å². The molecule has 1 aromatic carbocycles. The van der Waals surface area contributed by atoms with Crippen molar-refractivity contribution in [2.75, 3.05) is 0 Å². The average Bonchev–Trinajstić information content (AvgIpc) is 2.31. The van der Waals surface area contributed by atoms with Crippen molar-refractivity contribution in [1.82, 2.24) is 9.97 Å². The van der Waals surface area contributed by atoms with Crippen molar-refractivity contribution in [2.24, 2.45) is 0 Å². The van der Waals surface area contributed by atoms with Gasteiger partial charge in [0.05, 0.1) is 0 Å². The largest absolute Gasteiger partial charge is 0.237 e. The van der Waals surface area contributed by atoms with E-state index in [1.54, 1.807) is 12.4 Å². The first-order chi connectivity index (χ1) is 7.40. The number of aromatic nitrogens is 2. The summed E-state index contributed by atoms with van der Waals surface area (Å²) in [6.07, 6.45) is 5.82. The molecule has 76 valence electrons. The number of hydrogen-bond acceptors (Lipinski definition) is 2. The molecule has 0 spiro atoms. The Kier molecular flexibility index (Phi) is 3.08. The summed E-state index contributed by atoms with van der Waals surface area (Å²) in [7, 11) is 0. The average molecular weight is 198 g/mol. The molecule has 2 aromatic rings. The summed E-state index contributed by atoms with van der Waals surface area (Å²) in [5.41, 5.74) is 2.45. The number of rotatable bonds is 3. The van der Waals surface area contributed by atoms with Gasteiger partial charge in [-0.2, -0.15) is 0 Å². The molecule has 0 saturated carbocycles. The van der Waals surface area contributed by atoms with Crippen LogP contribution < -0.4 is 0 Å². The maximum Gasteiger partial charge on any atom is 0.159 e. The zero-order chi connectivity index (χ0) is 10.5. The van der Waals surface area contributed by atoms with Gasteiger partial charge in [-0.1, -0.05) is 31.5 Å². The molecule has 2 heteroatoms. The first-order valence-corrected chi connectivity index (χ1v) is 5.26. The minimum Gasteiger partial charge on any atom is -0.237 e. The lowest BCUT2D eigenvalue weighted by atomic mass is 10.1. The molecule has 15 heavy (non-hydrogen) atoms. The second-order valence-electron chi connectivity index (χ2n) is 3.52. The SMILES string of the molecule is CCCc1cccc(-c2ncccn2)c1. The van der Waals surface area contributed by atoms with Gasteiger partial charge < -0.3 is 0 Å². The highest BCUT2D eigenvalue weighted by molar-refractivity contribution is 5.55. The molecular formula is C13H14N2. The van der Waals surface area contributed by atoms with Crippen LogP contribution in [0.1, 0.15) is 18.9 Å². The molecule has 2 nitrogen and oxygen atoms in total. The van der Waals surface area contributed by atoms with E-state index >= 15 is 0 Å². The summed E-state index contributed by atoms with van der Waals surface area (Å²) < 4.78 is 0. The molecule has 0 unspecified atom stereocenters. The van der Waals surface area contributed by atoms with E-state index in [9.17, 15) is 0 Å². The molecule has 0 radical (unpaired) electrons. The van der Waals surface area contributed by atoms with Gasteiger partial charge in [0.15, 0.2) is 5.82 Å². The first-order valence-electron chi connectivity index (χ1n) is 5.26. The van der Waals surface area contributed by atoms with Crippen molar-refractivity contribution < 1.29 is 0 Å². The van der Waals surface area contributed by atoms with Crippen LogP contribution >= 0.6 is 0 Å². The van der Waals surface area contributed by atoms with Crippen molar-refractivity contribution in [3.63, 3.8) is 0 Å². The fraction of sp³-hybridized carbons (Fsp3) is 0.231. The maximum atomic E-state index is 4.24. The van der Waals surface area contributed by atoms with E-state index in [4.69, 9.17) is 0 Å². The van der Waals surface area contributed by atoms with Crippen LogP contribution in [0, 0.1) is 0 Å². The monoisotopic (exact) mass is 198 g/mol. The van der Waals surface area contributed by atoms with Crippen LogP contribution in [-0.4, -0.2) is 9.97 Å². The van der Waals surface area contributed by atoms with E-state index in [-0.39, 0.29) is 0 Å². The quantitative estimate of drug-likeness (QED) is 0.757. The molecule has 0 amide bonds. The normalized spacial score (nSPS) is 10.2. The number of aryl methyl sites for hydroxylation is 1. The Labute approximate surface area is 90.0 Å². The van der Waals surface area contributed by atoms with Crippen molar-refractivity contribution in [3.8, 4) is 11.4 Å². The summed E-state index contributed by atoms with van der Waals surface area (Å²) in [5, 5.41) is 0. The highest BCUT2D eigenvalue weighted by Gasteiger charge is 2.00. The third kappa shape index (κ3) is 2.40. The summed E-state index contributed by atoms with van der Waals surface area (Å²) in [5.74, 6) is 0.801. The molecule has 0 atom stereocenters. The standard InChI is InChI=1S/C13H14N2/c1-2-5-11-6-3-7-12(10-11)13-14-8-4-9-15-13/h3-4,6-10H,2,5H2,1H3. The van der Waals surface area contributed by atoms with E-state index in [2.05, 4.69) is 41.2 Å². The van der Waals surface area contributed by atoms with E-state index in [1.807, 2.05) is 6.07 Å². The summed E-state index contributed by atoms with van der Waals surface area (Å²) in [6.45, 7) is 2.19. The van der Waals surface area contributed by atoms with E-state index in [0.717, 1.165) is 17.8 Å². The van der Waals surface area contributed by atoms with Crippen LogP contribution in [0.15, 0.2) is 42.7 Å². The fourth-order valence-corrected chi connectivity index (χ4v) is 1.60. The number of nitrogens with zero attached hydrogens (tertiary/aromatic N) is 2. The lowest BCUT2D eigenvalue weighted by Gasteiger charge is -2.02. The molecule has 0 bridgehead atoms. The molecular weight excluding hydrogens is 184 g/mol. The van der Waals surface area contributed by atoms with E-state index in [1.165, 1.54) is 12.0 Å². The van der Waals surface area contributed by atoms with Gasteiger partial charge in [0, 0.05) is 18.0 Å². The van der Waals surface area contributed by atoms with E-state index in [0.29, 0.717) is 0 Å². The van der Waals surface area contributed by atoms with Crippen molar-refractivity contribution in [3.05, 3.63) is 48.3 Å². The smallest absolute Gasteiger partial charge is 0.159 e. The van der Waals surface area contributed by atoms with Gasteiger partial charge in [-0.05, 0) is 24.1 Å². The second kappa shape index (κ2) is 4.69. The van der Waals surface area contributed by atoms with Gasteiger partial charge in [-0.25, -0.2) is 9.97 Å². The zero-order valence-electron chi connectivity index (χ0n) is 8.85. The van der Waals surface area contributed by atoms with Gasteiger partial charge in [0.1, 0.15) is 0 Å². The molecule has 2 rings (SSSR count). The third-order valence-electron chi connectivity index (χ3n) is 2.29. The molecule has 1 aromatic heterocycles. The van der Waals surface area contributed by atoms with Gasteiger partial charge in [0.2, 0.25) is 0 Å². The van der Waals surface area contributed by atoms with Crippen LogP contribution in [0.5, 0.6) is 0 Å².